The molecule has 2 aliphatic rings. The third-order valence-electron chi connectivity index (χ3n) is 6.43. The summed E-state index contributed by atoms with van der Waals surface area (Å²) in [4.78, 5) is 29.9. The summed E-state index contributed by atoms with van der Waals surface area (Å²) in [7, 11) is 3.63. The van der Waals surface area contributed by atoms with Crippen LogP contribution >= 0.6 is 12.2 Å². The van der Waals surface area contributed by atoms with Crippen LogP contribution in [0.15, 0.2) is 42.0 Å². The molecule has 176 valence electrons. The molecule has 2 heterocycles. The lowest BCUT2D eigenvalue weighted by Crippen LogP contribution is -2.54. The maximum Gasteiger partial charge on any atom is 0.270 e. The van der Waals surface area contributed by atoms with Crippen LogP contribution in [0.1, 0.15) is 43.0 Å². The first-order valence-electron chi connectivity index (χ1n) is 11.1. The van der Waals surface area contributed by atoms with Gasteiger partial charge in [-0.2, -0.15) is 0 Å². The van der Waals surface area contributed by atoms with Gasteiger partial charge < -0.3 is 9.64 Å². The average Bonchev–Trinajstić information content (AvgIpc) is 2.73. The number of hydrogen-bond acceptors (Lipinski definition) is 5. The number of likely N-dealkylation sites (N-methyl/N-ethyl adjacent to an activating group) is 1. The number of carbonyl (C=O) groups excluding carboxylic acids is 2. The van der Waals surface area contributed by atoms with Gasteiger partial charge in [-0.05, 0) is 87.8 Å². The molecule has 1 saturated heterocycles. The van der Waals surface area contributed by atoms with E-state index in [0.717, 1.165) is 28.0 Å². The Balaban J connectivity index is 1.83. The molecular weight excluding hydrogens is 446 g/mol. The Morgan fingerprint density at radius 2 is 1.68 bits per heavy atom. The molecule has 2 aliphatic heterocycles. The summed E-state index contributed by atoms with van der Waals surface area (Å²) < 4.78 is 5.67. The van der Waals surface area contributed by atoms with E-state index in [0.29, 0.717) is 17.0 Å². The highest BCUT2D eigenvalue weighted by atomic mass is 32.1. The summed E-state index contributed by atoms with van der Waals surface area (Å²) in [5.41, 5.74) is 6.30. The third-order valence-corrected chi connectivity index (χ3v) is 6.72. The molecule has 34 heavy (non-hydrogen) atoms. The topological polar surface area (TPSA) is 61.9 Å². The van der Waals surface area contributed by atoms with Crippen LogP contribution in [0.3, 0.4) is 0 Å². The molecule has 4 rings (SSSR count). The molecule has 0 atom stereocenters. The highest BCUT2D eigenvalue weighted by Gasteiger charge is 2.35. The van der Waals surface area contributed by atoms with E-state index in [9.17, 15) is 9.59 Å². The van der Waals surface area contributed by atoms with Gasteiger partial charge in [0.05, 0.1) is 18.3 Å². The number of anilines is 2. The zero-order chi connectivity index (χ0) is 24.9. The van der Waals surface area contributed by atoms with Crippen LogP contribution in [0.5, 0.6) is 5.75 Å². The molecule has 0 aliphatic carbocycles. The van der Waals surface area contributed by atoms with Crippen LogP contribution in [0.25, 0.3) is 11.6 Å². The number of fused-ring (bicyclic) bond motifs is 1. The number of nitrogens with zero attached hydrogens (tertiary/aromatic N) is 2. The van der Waals surface area contributed by atoms with E-state index in [1.54, 1.807) is 13.2 Å². The number of thiocarbonyl (C=S) groups is 1. The second-order valence-corrected chi connectivity index (χ2v) is 9.84. The summed E-state index contributed by atoms with van der Waals surface area (Å²) in [5.74, 6) is -0.416. The summed E-state index contributed by atoms with van der Waals surface area (Å²) in [6.07, 6.45) is 3.79. The van der Waals surface area contributed by atoms with Crippen LogP contribution in [-0.2, 0) is 9.59 Å². The van der Waals surface area contributed by atoms with Crippen molar-refractivity contribution in [3.8, 4) is 5.75 Å². The maximum absolute atomic E-state index is 13.5. The van der Waals surface area contributed by atoms with Crippen LogP contribution in [0, 0.1) is 13.8 Å². The lowest BCUT2D eigenvalue weighted by atomic mass is 9.88. The predicted octanol–water partition coefficient (Wildman–Crippen LogP) is 4.78. The lowest BCUT2D eigenvalue weighted by Gasteiger charge is -2.41. The normalized spacial score (nSPS) is 18.6. The quantitative estimate of drug-likeness (QED) is 0.394. The van der Waals surface area contributed by atoms with Gasteiger partial charge in [-0.25, -0.2) is 0 Å². The Labute approximate surface area is 205 Å². The number of amides is 2. The average molecular weight is 476 g/mol. The van der Waals surface area contributed by atoms with Crippen molar-refractivity contribution in [2.75, 3.05) is 24.0 Å². The largest absolute Gasteiger partial charge is 0.496 e. The van der Waals surface area contributed by atoms with E-state index < -0.39 is 11.8 Å². The second kappa shape index (κ2) is 8.40. The van der Waals surface area contributed by atoms with Crippen LogP contribution in [0.2, 0.25) is 0 Å². The smallest absolute Gasteiger partial charge is 0.270 e. The molecule has 2 aromatic rings. The summed E-state index contributed by atoms with van der Waals surface area (Å²) >= 11 is 5.35. The molecule has 0 aromatic heterocycles. The summed E-state index contributed by atoms with van der Waals surface area (Å²) in [5, 5.41) is 2.73. The van der Waals surface area contributed by atoms with Crippen molar-refractivity contribution in [1.29, 1.82) is 0 Å². The van der Waals surface area contributed by atoms with Crippen LogP contribution in [-0.4, -0.2) is 36.6 Å². The number of methoxy groups -OCH3 is 1. The van der Waals surface area contributed by atoms with Crippen molar-refractivity contribution in [3.05, 3.63) is 64.2 Å². The Hall–Kier alpha value is -3.45. The van der Waals surface area contributed by atoms with Gasteiger partial charge in [0, 0.05) is 29.9 Å². The molecule has 2 aromatic carbocycles. The van der Waals surface area contributed by atoms with Gasteiger partial charge in [-0.1, -0.05) is 12.1 Å². The fraction of sp³-hybridized carbons (Fsp3) is 0.296. The molecule has 0 spiro atoms. The van der Waals surface area contributed by atoms with E-state index in [2.05, 4.69) is 37.1 Å². The minimum Gasteiger partial charge on any atom is -0.496 e. The standard InChI is InChI=1S/C27H29N3O3S/c1-15-8-16(2)10-19(9-15)30-25(32)21(24(31)28-26(30)34)12-18-11-20-17(3)14-27(4,5)29(6)22(20)13-23(18)33-7/h8-14H,1-7H3,(H,28,31,34)/b21-12-. The van der Waals surface area contributed by atoms with E-state index >= 15 is 0 Å². The van der Waals surface area contributed by atoms with Crippen molar-refractivity contribution in [3.63, 3.8) is 0 Å². The van der Waals surface area contributed by atoms with Gasteiger partial charge in [0.1, 0.15) is 11.3 Å². The zero-order valence-electron chi connectivity index (χ0n) is 20.6. The maximum atomic E-state index is 13.5. The molecule has 2 amide bonds. The lowest BCUT2D eigenvalue weighted by molar-refractivity contribution is -0.122. The van der Waals surface area contributed by atoms with Gasteiger partial charge in [-0.3, -0.25) is 19.8 Å². The van der Waals surface area contributed by atoms with E-state index in [-0.39, 0.29) is 16.2 Å². The van der Waals surface area contributed by atoms with Crippen molar-refractivity contribution in [2.45, 2.75) is 40.2 Å². The number of carbonyl (C=O) groups is 2. The highest BCUT2D eigenvalue weighted by molar-refractivity contribution is 7.80. The molecule has 0 unspecified atom stereocenters. The number of allylic oxidation sites excluding steroid dienone is 1. The number of benzene rings is 2. The van der Waals surface area contributed by atoms with Gasteiger partial charge in [0.15, 0.2) is 5.11 Å². The number of rotatable bonds is 3. The van der Waals surface area contributed by atoms with E-state index in [1.165, 1.54) is 4.90 Å². The predicted molar refractivity (Wildman–Crippen MR) is 141 cm³/mol. The molecule has 0 radical (unpaired) electrons. The van der Waals surface area contributed by atoms with Crippen molar-refractivity contribution >= 4 is 52.2 Å². The number of aryl methyl sites for hydroxylation is 2. The number of hydrogen-bond donors (Lipinski definition) is 1. The summed E-state index contributed by atoms with van der Waals surface area (Å²) in [6, 6.07) is 9.68. The third kappa shape index (κ3) is 4.01. The summed E-state index contributed by atoms with van der Waals surface area (Å²) in [6.45, 7) is 10.3. The Morgan fingerprint density at radius 3 is 2.29 bits per heavy atom. The first-order valence-corrected chi connectivity index (χ1v) is 11.5. The molecular formula is C27H29N3O3S. The first-order chi connectivity index (χ1) is 15.9. The highest BCUT2D eigenvalue weighted by Crippen LogP contribution is 2.42. The number of ether oxygens (including phenoxy) is 1. The second-order valence-electron chi connectivity index (χ2n) is 9.46. The van der Waals surface area contributed by atoms with E-state index in [4.69, 9.17) is 17.0 Å². The minimum absolute atomic E-state index is 0.00265. The Bertz CT molecular complexity index is 1290. The Morgan fingerprint density at radius 1 is 1.03 bits per heavy atom. The van der Waals surface area contributed by atoms with Crippen LogP contribution in [0.4, 0.5) is 11.4 Å². The minimum atomic E-state index is -0.527. The van der Waals surface area contributed by atoms with E-state index in [1.807, 2.05) is 51.2 Å². The van der Waals surface area contributed by atoms with Crippen molar-refractivity contribution in [2.24, 2.45) is 0 Å². The molecule has 7 heteroatoms. The fourth-order valence-corrected chi connectivity index (χ4v) is 4.89. The molecule has 6 nitrogen and oxygen atoms in total. The first kappa shape index (κ1) is 23.7. The van der Waals surface area contributed by atoms with Crippen molar-refractivity contribution < 1.29 is 14.3 Å². The Kier molecular flexibility index (Phi) is 5.85. The SMILES string of the molecule is COc1cc2c(cc1/C=C1/C(=O)NC(=S)N(c3cc(C)cc(C)c3)C1=O)C(C)=CC(C)(C)N2C. The number of nitrogens with one attached hydrogen (secondary N) is 1. The fourth-order valence-electron chi connectivity index (χ4n) is 4.61. The van der Waals surface area contributed by atoms with Gasteiger partial charge in [0.25, 0.3) is 11.8 Å². The van der Waals surface area contributed by atoms with Gasteiger partial charge >= 0.3 is 0 Å². The molecule has 0 saturated carbocycles. The van der Waals surface area contributed by atoms with Crippen LogP contribution < -0.4 is 19.9 Å². The van der Waals surface area contributed by atoms with Gasteiger partial charge in [0.2, 0.25) is 0 Å². The van der Waals surface area contributed by atoms with Crippen molar-refractivity contribution in [1.82, 2.24) is 5.32 Å². The zero-order valence-corrected chi connectivity index (χ0v) is 21.4. The monoisotopic (exact) mass is 475 g/mol. The molecule has 1 N–H and O–H groups in total. The van der Waals surface area contributed by atoms with Gasteiger partial charge in [-0.15, -0.1) is 0 Å². The molecule has 0 bridgehead atoms. The molecule has 1 fully saturated rings.